The Labute approximate surface area is 225 Å². The SMILES string of the molecule is Cc1cc(Nc2ccn(C)c(=O)c2)nc(-c2ccc(C(=O)NC(C)c3ccc(-c4ccccc4)nc3)nc2)n1. The maximum atomic E-state index is 12.9. The maximum Gasteiger partial charge on any atom is 0.270 e. The number of pyridine rings is 3. The Morgan fingerprint density at radius 1 is 0.897 bits per heavy atom. The van der Waals surface area contributed by atoms with Crippen molar-refractivity contribution in [1.29, 1.82) is 0 Å². The second kappa shape index (κ2) is 11.1. The van der Waals surface area contributed by atoms with Crippen molar-refractivity contribution >= 4 is 17.4 Å². The van der Waals surface area contributed by atoms with Gasteiger partial charge in [0.05, 0.1) is 11.7 Å². The molecule has 4 aromatic heterocycles. The second-order valence-electron chi connectivity index (χ2n) is 9.18. The van der Waals surface area contributed by atoms with Crippen molar-refractivity contribution in [3.63, 3.8) is 0 Å². The van der Waals surface area contributed by atoms with Gasteiger partial charge in [-0.1, -0.05) is 36.4 Å². The lowest BCUT2D eigenvalue weighted by atomic mass is 10.1. The van der Waals surface area contributed by atoms with Crippen molar-refractivity contribution in [2.75, 3.05) is 5.32 Å². The van der Waals surface area contributed by atoms with E-state index in [1.807, 2.05) is 56.3 Å². The minimum absolute atomic E-state index is 0.126. The number of rotatable bonds is 7. The summed E-state index contributed by atoms with van der Waals surface area (Å²) >= 11 is 0. The lowest BCUT2D eigenvalue weighted by Crippen LogP contribution is -2.27. The van der Waals surface area contributed by atoms with Crippen LogP contribution in [0.5, 0.6) is 0 Å². The molecular formula is C30H27N7O2. The molecule has 194 valence electrons. The van der Waals surface area contributed by atoms with E-state index >= 15 is 0 Å². The van der Waals surface area contributed by atoms with Gasteiger partial charge in [0.1, 0.15) is 11.5 Å². The molecule has 5 rings (SSSR count). The molecule has 1 unspecified atom stereocenters. The summed E-state index contributed by atoms with van der Waals surface area (Å²) in [5.74, 6) is 0.714. The zero-order valence-corrected chi connectivity index (χ0v) is 21.8. The molecule has 0 aliphatic carbocycles. The van der Waals surface area contributed by atoms with E-state index in [4.69, 9.17) is 0 Å². The number of carbonyl (C=O) groups excluding carboxylic acids is 1. The number of benzene rings is 1. The van der Waals surface area contributed by atoms with Gasteiger partial charge in [-0.2, -0.15) is 0 Å². The molecule has 9 heteroatoms. The first-order valence-electron chi connectivity index (χ1n) is 12.4. The van der Waals surface area contributed by atoms with Crippen molar-refractivity contribution in [2.45, 2.75) is 19.9 Å². The number of amides is 1. The molecule has 0 saturated heterocycles. The molecule has 0 aliphatic heterocycles. The van der Waals surface area contributed by atoms with Crippen molar-refractivity contribution in [2.24, 2.45) is 7.05 Å². The Morgan fingerprint density at radius 2 is 1.72 bits per heavy atom. The zero-order valence-electron chi connectivity index (χ0n) is 21.8. The predicted octanol–water partition coefficient (Wildman–Crippen LogP) is 4.84. The van der Waals surface area contributed by atoms with Crippen LogP contribution in [0.15, 0.2) is 96.2 Å². The Bertz CT molecular complexity index is 1670. The number of hydrogen-bond donors (Lipinski definition) is 2. The van der Waals surface area contributed by atoms with Crippen LogP contribution in [-0.4, -0.2) is 30.4 Å². The van der Waals surface area contributed by atoms with Crippen LogP contribution in [0.1, 0.15) is 34.7 Å². The molecular weight excluding hydrogens is 490 g/mol. The fourth-order valence-corrected chi connectivity index (χ4v) is 3.99. The van der Waals surface area contributed by atoms with Crippen LogP contribution in [0, 0.1) is 6.92 Å². The molecule has 9 nitrogen and oxygen atoms in total. The Morgan fingerprint density at radius 3 is 2.41 bits per heavy atom. The van der Waals surface area contributed by atoms with Gasteiger partial charge in [0.2, 0.25) is 0 Å². The number of aromatic nitrogens is 5. The van der Waals surface area contributed by atoms with E-state index in [-0.39, 0.29) is 23.2 Å². The van der Waals surface area contributed by atoms with Gasteiger partial charge in [-0.3, -0.25) is 19.6 Å². The minimum Gasteiger partial charge on any atom is -0.344 e. The summed E-state index contributed by atoms with van der Waals surface area (Å²) in [6.45, 7) is 3.77. The fraction of sp³-hybridized carbons (Fsp3) is 0.133. The summed E-state index contributed by atoms with van der Waals surface area (Å²) in [4.78, 5) is 42.8. The van der Waals surface area contributed by atoms with Crippen LogP contribution in [-0.2, 0) is 7.05 Å². The molecule has 39 heavy (non-hydrogen) atoms. The van der Waals surface area contributed by atoms with E-state index in [0.29, 0.717) is 22.9 Å². The number of aryl methyl sites for hydroxylation is 2. The van der Waals surface area contributed by atoms with Crippen LogP contribution in [0.3, 0.4) is 0 Å². The quantitative estimate of drug-likeness (QED) is 0.317. The zero-order chi connectivity index (χ0) is 27.4. The van der Waals surface area contributed by atoms with Gasteiger partial charge in [-0.15, -0.1) is 0 Å². The van der Waals surface area contributed by atoms with Crippen LogP contribution in [0.2, 0.25) is 0 Å². The summed E-state index contributed by atoms with van der Waals surface area (Å²) < 4.78 is 1.49. The lowest BCUT2D eigenvalue weighted by Gasteiger charge is -2.14. The summed E-state index contributed by atoms with van der Waals surface area (Å²) in [6.07, 6.45) is 5.04. The number of anilines is 2. The minimum atomic E-state index is -0.292. The normalized spacial score (nSPS) is 11.6. The monoisotopic (exact) mass is 517 g/mol. The fourth-order valence-electron chi connectivity index (χ4n) is 3.99. The molecule has 4 heterocycles. The maximum absolute atomic E-state index is 12.9. The first-order valence-corrected chi connectivity index (χ1v) is 12.4. The third kappa shape index (κ3) is 6.04. The van der Waals surface area contributed by atoms with Crippen LogP contribution < -0.4 is 16.2 Å². The molecule has 1 amide bonds. The van der Waals surface area contributed by atoms with E-state index in [1.54, 1.807) is 49.9 Å². The third-order valence-electron chi connectivity index (χ3n) is 6.19. The van der Waals surface area contributed by atoms with Crippen molar-refractivity contribution < 1.29 is 4.79 Å². The highest BCUT2D eigenvalue weighted by molar-refractivity contribution is 5.92. The molecule has 0 fully saturated rings. The molecule has 0 spiro atoms. The standard InChI is InChI=1S/C30H27N7O2/c1-19-15-27(35-24-13-14-37(3)28(38)16-24)36-29(33-19)23-10-12-26(32-18-23)30(39)34-20(2)22-9-11-25(31-17-22)21-7-5-4-6-8-21/h4-18,20H,1-3H3,(H,34,39)(H,33,35,36). The Kier molecular flexibility index (Phi) is 7.22. The average molecular weight is 518 g/mol. The molecule has 1 aromatic carbocycles. The van der Waals surface area contributed by atoms with E-state index in [2.05, 4.69) is 30.6 Å². The number of carbonyl (C=O) groups is 1. The Balaban J connectivity index is 1.26. The Hall–Kier alpha value is -5.18. The molecule has 0 radical (unpaired) electrons. The van der Waals surface area contributed by atoms with Gasteiger partial charge in [-0.05, 0) is 43.7 Å². The van der Waals surface area contributed by atoms with Crippen LogP contribution in [0.4, 0.5) is 11.5 Å². The lowest BCUT2D eigenvalue weighted by molar-refractivity contribution is 0.0935. The summed E-state index contributed by atoms with van der Waals surface area (Å²) in [5.41, 5.74) is 5.00. The topological polar surface area (TPSA) is 115 Å². The molecule has 0 bridgehead atoms. The van der Waals surface area contributed by atoms with Crippen molar-refractivity contribution in [3.05, 3.63) is 119 Å². The second-order valence-corrected chi connectivity index (χ2v) is 9.18. The highest BCUT2D eigenvalue weighted by Gasteiger charge is 2.14. The average Bonchev–Trinajstić information content (AvgIpc) is 2.95. The molecule has 5 aromatic rings. The third-order valence-corrected chi connectivity index (χ3v) is 6.19. The number of nitrogens with zero attached hydrogens (tertiary/aromatic N) is 5. The van der Waals surface area contributed by atoms with Gasteiger partial charge in [-0.25, -0.2) is 9.97 Å². The molecule has 0 saturated carbocycles. The molecule has 1 atom stereocenters. The van der Waals surface area contributed by atoms with Gasteiger partial charge < -0.3 is 15.2 Å². The van der Waals surface area contributed by atoms with Crippen LogP contribution in [0.25, 0.3) is 22.6 Å². The van der Waals surface area contributed by atoms with Gasteiger partial charge in [0.15, 0.2) is 5.82 Å². The largest absolute Gasteiger partial charge is 0.344 e. The smallest absolute Gasteiger partial charge is 0.270 e. The summed E-state index contributed by atoms with van der Waals surface area (Å²) in [6, 6.07) is 22.1. The predicted molar refractivity (Wildman–Crippen MR) is 151 cm³/mol. The van der Waals surface area contributed by atoms with Gasteiger partial charge in [0, 0.05) is 60.3 Å². The highest BCUT2D eigenvalue weighted by atomic mass is 16.2. The number of nitrogens with one attached hydrogen (secondary N) is 2. The van der Waals surface area contributed by atoms with Gasteiger partial charge in [0.25, 0.3) is 11.5 Å². The van der Waals surface area contributed by atoms with E-state index in [1.165, 1.54) is 10.6 Å². The first-order chi connectivity index (χ1) is 18.9. The molecule has 2 N–H and O–H groups in total. The van der Waals surface area contributed by atoms with E-state index in [0.717, 1.165) is 22.5 Å². The van der Waals surface area contributed by atoms with E-state index < -0.39 is 0 Å². The van der Waals surface area contributed by atoms with Crippen molar-refractivity contribution in [1.82, 2.24) is 29.8 Å². The van der Waals surface area contributed by atoms with Gasteiger partial charge >= 0.3 is 0 Å². The summed E-state index contributed by atoms with van der Waals surface area (Å²) in [5, 5.41) is 6.12. The van der Waals surface area contributed by atoms with E-state index in [9.17, 15) is 9.59 Å². The van der Waals surface area contributed by atoms with Crippen LogP contribution >= 0.6 is 0 Å². The number of hydrogen-bond acceptors (Lipinski definition) is 7. The first kappa shape index (κ1) is 25.5. The van der Waals surface area contributed by atoms with Crippen molar-refractivity contribution in [3.8, 4) is 22.6 Å². The molecule has 0 aliphatic rings. The highest BCUT2D eigenvalue weighted by Crippen LogP contribution is 2.21. The summed E-state index contributed by atoms with van der Waals surface area (Å²) in [7, 11) is 1.69.